The molecule has 0 aliphatic carbocycles. The second kappa shape index (κ2) is 9.36. The van der Waals surface area contributed by atoms with Crippen molar-refractivity contribution in [3.63, 3.8) is 0 Å². The van der Waals surface area contributed by atoms with E-state index in [1.807, 2.05) is 0 Å². The number of carboxylic acids is 4. The van der Waals surface area contributed by atoms with Gasteiger partial charge in [0.25, 0.3) is 0 Å². The van der Waals surface area contributed by atoms with Crippen LogP contribution >= 0.6 is 25.3 Å². The SMILES string of the molecule is O=C(O)C(S)C(S)C(=O)O.O=C(O)C=CC(=O)O. The zero-order valence-electron chi connectivity index (χ0n) is 8.63. The van der Waals surface area contributed by atoms with Crippen LogP contribution in [-0.2, 0) is 19.2 Å². The molecule has 0 rings (SSSR count). The van der Waals surface area contributed by atoms with Crippen LogP contribution in [-0.4, -0.2) is 54.8 Å². The summed E-state index contributed by atoms with van der Waals surface area (Å²) in [5.41, 5.74) is 0. The number of aliphatic carboxylic acids is 4. The third-order valence-corrected chi connectivity index (χ3v) is 2.45. The second-order valence-corrected chi connectivity index (χ2v) is 3.69. The fourth-order valence-electron chi connectivity index (χ4n) is 0.413. The minimum absolute atomic E-state index is 0.558. The first-order valence-electron chi connectivity index (χ1n) is 4.05. The van der Waals surface area contributed by atoms with Crippen LogP contribution < -0.4 is 0 Å². The molecular weight excluding hydrogens is 288 g/mol. The Labute approximate surface area is 112 Å². The Morgan fingerprint density at radius 3 is 1.06 bits per heavy atom. The number of rotatable bonds is 5. The van der Waals surface area contributed by atoms with Crippen LogP contribution in [0.5, 0.6) is 0 Å². The Morgan fingerprint density at radius 1 is 0.722 bits per heavy atom. The number of carbonyl (C=O) groups is 4. The summed E-state index contributed by atoms with van der Waals surface area (Å²) < 4.78 is 0. The molecule has 0 spiro atoms. The number of hydrogen-bond acceptors (Lipinski definition) is 6. The van der Waals surface area contributed by atoms with Crippen LogP contribution in [0.2, 0.25) is 0 Å². The monoisotopic (exact) mass is 298 g/mol. The van der Waals surface area contributed by atoms with Crippen molar-refractivity contribution in [2.24, 2.45) is 0 Å². The molecule has 0 saturated heterocycles. The van der Waals surface area contributed by atoms with Crippen molar-refractivity contribution in [2.45, 2.75) is 10.5 Å². The predicted octanol–water partition coefficient (Wildman–Crippen LogP) is -0.536. The highest BCUT2D eigenvalue weighted by atomic mass is 32.1. The van der Waals surface area contributed by atoms with Gasteiger partial charge >= 0.3 is 23.9 Å². The molecule has 102 valence electrons. The van der Waals surface area contributed by atoms with Gasteiger partial charge in [-0.2, -0.15) is 25.3 Å². The Bertz CT molecular complexity index is 330. The molecule has 0 aliphatic heterocycles. The molecule has 0 heterocycles. The molecule has 0 bridgehead atoms. The first-order valence-corrected chi connectivity index (χ1v) is 5.08. The van der Waals surface area contributed by atoms with Gasteiger partial charge in [-0.1, -0.05) is 0 Å². The first-order chi connectivity index (χ1) is 8.09. The van der Waals surface area contributed by atoms with Gasteiger partial charge in [0.2, 0.25) is 0 Å². The number of thiol groups is 2. The predicted molar refractivity (Wildman–Crippen MR) is 65.2 cm³/mol. The molecule has 0 aromatic carbocycles. The van der Waals surface area contributed by atoms with Gasteiger partial charge in [-0.3, -0.25) is 9.59 Å². The molecule has 0 aliphatic rings. The summed E-state index contributed by atoms with van der Waals surface area (Å²) >= 11 is 7.00. The molecule has 2 unspecified atom stereocenters. The highest BCUT2D eigenvalue weighted by Crippen LogP contribution is 2.08. The zero-order valence-corrected chi connectivity index (χ0v) is 10.4. The highest BCUT2D eigenvalue weighted by Gasteiger charge is 2.26. The maximum Gasteiger partial charge on any atom is 0.328 e. The van der Waals surface area contributed by atoms with Gasteiger partial charge in [-0.05, 0) is 0 Å². The van der Waals surface area contributed by atoms with Gasteiger partial charge in [0.15, 0.2) is 0 Å². The minimum Gasteiger partial charge on any atom is -0.480 e. The summed E-state index contributed by atoms with van der Waals surface area (Å²) in [5, 5.41) is 29.5. The third-order valence-electron chi connectivity index (χ3n) is 1.17. The van der Waals surface area contributed by atoms with Crippen molar-refractivity contribution >= 4 is 49.1 Å². The van der Waals surface area contributed by atoms with E-state index in [1.54, 1.807) is 0 Å². The summed E-state index contributed by atoms with van der Waals surface area (Å²) in [6.45, 7) is 0. The van der Waals surface area contributed by atoms with Crippen LogP contribution in [0.15, 0.2) is 12.2 Å². The Hall–Kier alpha value is -1.68. The molecule has 8 nitrogen and oxygen atoms in total. The van der Waals surface area contributed by atoms with Crippen molar-refractivity contribution < 1.29 is 39.6 Å². The number of carboxylic acid groups (broad SMARTS) is 4. The van der Waals surface area contributed by atoms with E-state index in [0.717, 1.165) is 0 Å². The summed E-state index contributed by atoms with van der Waals surface area (Å²) in [7, 11) is 0. The summed E-state index contributed by atoms with van der Waals surface area (Å²) in [6, 6.07) is 0. The maximum absolute atomic E-state index is 10.1. The zero-order chi connectivity index (χ0) is 14.9. The summed E-state index contributed by atoms with van der Waals surface area (Å²) in [6.07, 6.45) is 1.12. The van der Waals surface area contributed by atoms with E-state index in [0.29, 0.717) is 12.2 Å². The highest BCUT2D eigenvalue weighted by molar-refractivity contribution is 7.86. The van der Waals surface area contributed by atoms with E-state index in [2.05, 4.69) is 25.3 Å². The van der Waals surface area contributed by atoms with E-state index in [9.17, 15) is 19.2 Å². The molecule has 18 heavy (non-hydrogen) atoms. The standard InChI is InChI=1S/C4H6O4S2.C4H4O4/c5-3(6)1(9)2(10)4(7)8;5-3(6)1-2-4(7)8/h1-2,9-10H,(H,5,6)(H,7,8);1-2H,(H,5,6)(H,7,8). The summed E-state index contributed by atoms with van der Waals surface area (Å²) in [4.78, 5) is 39.2. The largest absolute Gasteiger partial charge is 0.480 e. The Morgan fingerprint density at radius 2 is 0.944 bits per heavy atom. The van der Waals surface area contributed by atoms with E-state index in [1.165, 1.54) is 0 Å². The van der Waals surface area contributed by atoms with Gasteiger partial charge in [-0.15, -0.1) is 0 Å². The lowest BCUT2D eigenvalue weighted by atomic mass is 10.3. The van der Waals surface area contributed by atoms with Gasteiger partial charge in [0.05, 0.1) is 0 Å². The molecule has 0 radical (unpaired) electrons. The van der Waals surface area contributed by atoms with Crippen LogP contribution in [0, 0.1) is 0 Å². The molecule has 0 fully saturated rings. The molecule has 0 aromatic heterocycles. The summed E-state index contributed by atoms with van der Waals surface area (Å²) in [5.74, 6) is -5.09. The third kappa shape index (κ3) is 10.8. The number of hydrogen-bond donors (Lipinski definition) is 6. The molecular formula is C8H10O8S2. The smallest absolute Gasteiger partial charge is 0.328 e. The van der Waals surface area contributed by atoms with E-state index in [4.69, 9.17) is 20.4 Å². The van der Waals surface area contributed by atoms with Crippen molar-refractivity contribution in [3.05, 3.63) is 12.2 Å². The molecule has 0 amide bonds. The van der Waals surface area contributed by atoms with Crippen LogP contribution in [0.3, 0.4) is 0 Å². The van der Waals surface area contributed by atoms with Gasteiger partial charge in [0.1, 0.15) is 10.5 Å². The molecule has 0 saturated carbocycles. The quantitative estimate of drug-likeness (QED) is 0.293. The van der Waals surface area contributed by atoms with Gasteiger partial charge < -0.3 is 20.4 Å². The second-order valence-electron chi connectivity index (χ2n) is 2.58. The average molecular weight is 298 g/mol. The van der Waals surface area contributed by atoms with E-state index >= 15 is 0 Å². The fraction of sp³-hybridized carbons (Fsp3) is 0.250. The maximum atomic E-state index is 10.1. The van der Waals surface area contributed by atoms with Gasteiger partial charge in [0, 0.05) is 12.2 Å². The van der Waals surface area contributed by atoms with E-state index in [-0.39, 0.29) is 0 Å². The van der Waals surface area contributed by atoms with Crippen molar-refractivity contribution in [3.8, 4) is 0 Å². The molecule has 0 aromatic rings. The van der Waals surface area contributed by atoms with Crippen molar-refractivity contribution in [1.82, 2.24) is 0 Å². The van der Waals surface area contributed by atoms with Crippen LogP contribution in [0.1, 0.15) is 0 Å². The van der Waals surface area contributed by atoms with Crippen molar-refractivity contribution in [2.75, 3.05) is 0 Å². The lowest BCUT2D eigenvalue weighted by Crippen LogP contribution is -2.31. The van der Waals surface area contributed by atoms with Gasteiger partial charge in [-0.25, -0.2) is 9.59 Å². The van der Waals surface area contributed by atoms with Crippen LogP contribution in [0.25, 0.3) is 0 Å². The first kappa shape index (κ1) is 18.7. The lowest BCUT2D eigenvalue weighted by molar-refractivity contribution is -0.142. The average Bonchev–Trinajstić information content (AvgIpc) is 2.24. The van der Waals surface area contributed by atoms with Crippen molar-refractivity contribution in [1.29, 1.82) is 0 Å². The fourth-order valence-corrected chi connectivity index (χ4v) is 0.668. The van der Waals surface area contributed by atoms with Crippen LogP contribution in [0.4, 0.5) is 0 Å². The van der Waals surface area contributed by atoms with E-state index < -0.39 is 34.4 Å². The lowest BCUT2D eigenvalue weighted by Gasteiger charge is -2.07. The molecule has 2 atom stereocenters. The Balaban J connectivity index is 0. The molecule has 10 heteroatoms. The normalized spacial score (nSPS) is 13.0. The minimum atomic E-state index is -1.29. The molecule has 4 N–H and O–H groups in total. The topological polar surface area (TPSA) is 149 Å². The Kier molecular flexibility index (Phi) is 9.71.